The molecule has 184 valence electrons. The zero-order chi connectivity index (χ0) is 24.5. The first-order chi connectivity index (χ1) is 17.0. The van der Waals surface area contributed by atoms with Gasteiger partial charge in [-0.15, -0.1) is 0 Å². The number of thioether (sulfide) groups is 1. The fourth-order valence-corrected chi connectivity index (χ4v) is 5.91. The normalized spacial score (nSPS) is 16.1. The van der Waals surface area contributed by atoms with Crippen LogP contribution in [-0.4, -0.2) is 30.2 Å². The Hall–Kier alpha value is -2.66. The Labute approximate surface area is 213 Å². The summed E-state index contributed by atoms with van der Waals surface area (Å²) in [7, 11) is 0. The van der Waals surface area contributed by atoms with Gasteiger partial charge in [0.1, 0.15) is 17.6 Å². The maximum absolute atomic E-state index is 6.40. The number of pyridine rings is 1. The highest BCUT2D eigenvalue weighted by molar-refractivity contribution is 7.98. The zero-order valence-electron chi connectivity index (χ0n) is 21.5. The summed E-state index contributed by atoms with van der Waals surface area (Å²) in [5.41, 5.74) is 11.6. The monoisotopic (exact) mass is 489 g/mol. The minimum atomic E-state index is 0.0127. The Morgan fingerprint density at radius 2 is 1.86 bits per heavy atom. The molecule has 5 rings (SSSR count). The largest absolute Gasteiger partial charge is 0.493 e. The summed E-state index contributed by atoms with van der Waals surface area (Å²) in [5.74, 6) is 3.75. The van der Waals surface area contributed by atoms with Crippen molar-refractivity contribution in [1.82, 2.24) is 4.98 Å². The van der Waals surface area contributed by atoms with Gasteiger partial charge in [-0.1, -0.05) is 18.2 Å². The Morgan fingerprint density at radius 1 is 1.06 bits per heavy atom. The van der Waals surface area contributed by atoms with Gasteiger partial charge in [-0.25, -0.2) is 4.98 Å². The SMILES string of the molecule is CSCCCOc1c(C)c(C)c(-c2cccc3c2CCC3Oc2cc3c(cn2)CCO3)c(C)c1C. The van der Waals surface area contributed by atoms with Gasteiger partial charge in [0.2, 0.25) is 5.88 Å². The molecule has 0 N–H and O–H groups in total. The van der Waals surface area contributed by atoms with Crippen molar-refractivity contribution in [3.63, 3.8) is 0 Å². The van der Waals surface area contributed by atoms with Crippen LogP contribution in [0, 0.1) is 27.7 Å². The lowest BCUT2D eigenvalue weighted by Gasteiger charge is -2.23. The minimum Gasteiger partial charge on any atom is -0.493 e. The first-order valence-corrected chi connectivity index (χ1v) is 14.0. The van der Waals surface area contributed by atoms with E-state index < -0.39 is 0 Å². The molecule has 2 heterocycles. The molecule has 1 unspecified atom stereocenters. The van der Waals surface area contributed by atoms with E-state index in [-0.39, 0.29) is 6.10 Å². The van der Waals surface area contributed by atoms with Crippen LogP contribution in [0.4, 0.5) is 0 Å². The summed E-state index contributed by atoms with van der Waals surface area (Å²) in [6.07, 6.45) is 8.01. The van der Waals surface area contributed by atoms with Gasteiger partial charge >= 0.3 is 0 Å². The second kappa shape index (κ2) is 10.1. The van der Waals surface area contributed by atoms with Crippen molar-refractivity contribution < 1.29 is 14.2 Å². The van der Waals surface area contributed by atoms with Crippen LogP contribution in [0.25, 0.3) is 11.1 Å². The first kappa shape index (κ1) is 24.1. The second-order valence-electron chi connectivity index (χ2n) is 9.65. The van der Waals surface area contributed by atoms with Crippen molar-refractivity contribution in [2.75, 3.05) is 25.2 Å². The number of hydrogen-bond donors (Lipinski definition) is 0. The van der Waals surface area contributed by atoms with Crippen LogP contribution in [0.1, 0.15) is 57.9 Å². The molecule has 1 aromatic heterocycles. The highest BCUT2D eigenvalue weighted by Gasteiger charge is 2.29. The Bertz CT molecular complexity index is 1220. The molecule has 1 aliphatic carbocycles. The number of benzene rings is 2. The van der Waals surface area contributed by atoms with Crippen LogP contribution in [-0.2, 0) is 12.8 Å². The Balaban J connectivity index is 1.46. The van der Waals surface area contributed by atoms with Gasteiger partial charge in [0.05, 0.1) is 13.2 Å². The topological polar surface area (TPSA) is 40.6 Å². The van der Waals surface area contributed by atoms with Crippen molar-refractivity contribution in [2.24, 2.45) is 0 Å². The molecule has 35 heavy (non-hydrogen) atoms. The Morgan fingerprint density at radius 3 is 2.63 bits per heavy atom. The van der Waals surface area contributed by atoms with Crippen LogP contribution in [0.15, 0.2) is 30.5 Å². The lowest BCUT2D eigenvalue weighted by atomic mass is 9.86. The van der Waals surface area contributed by atoms with E-state index in [1.807, 2.05) is 24.0 Å². The number of hydrogen-bond acceptors (Lipinski definition) is 5. The Kier molecular flexibility index (Phi) is 6.97. The van der Waals surface area contributed by atoms with E-state index in [1.54, 1.807) is 0 Å². The maximum atomic E-state index is 6.40. The third kappa shape index (κ3) is 4.51. The third-order valence-electron chi connectivity index (χ3n) is 7.59. The predicted molar refractivity (Wildman–Crippen MR) is 144 cm³/mol. The highest BCUT2D eigenvalue weighted by atomic mass is 32.2. The summed E-state index contributed by atoms with van der Waals surface area (Å²) in [6.45, 7) is 10.4. The average Bonchev–Trinajstić information content (AvgIpc) is 3.50. The lowest BCUT2D eigenvalue weighted by molar-refractivity contribution is 0.198. The van der Waals surface area contributed by atoms with E-state index in [0.29, 0.717) is 5.88 Å². The number of nitrogens with zero attached hydrogens (tertiary/aromatic N) is 1. The van der Waals surface area contributed by atoms with Crippen molar-refractivity contribution >= 4 is 11.8 Å². The fraction of sp³-hybridized carbons (Fsp3) is 0.433. The van der Waals surface area contributed by atoms with E-state index in [1.165, 1.54) is 50.1 Å². The van der Waals surface area contributed by atoms with Crippen molar-refractivity contribution in [3.05, 3.63) is 69.4 Å². The van der Waals surface area contributed by atoms with E-state index in [4.69, 9.17) is 14.2 Å². The standard InChI is InChI=1S/C30H35NO3S/c1-18-20(3)30(33-13-7-15-35-5)21(4)19(2)29(18)25-9-6-8-24-23(25)10-11-26(24)34-28-16-27-22(17-31-28)12-14-32-27/h6,8-9,16-17,26H,7,10-15H2,1-5H3. The molecule has 0 spiro atoms. The van der Waals surface area contributed by atoms with E-state index in [9.17, 15) is 0 Å². The number of aromatic nitrogens is 1. The molecule has 1 atom stereocenters. The quantitative estimate of drug-likeness (QED) is 0.315. The number of rotatable bonds is 8. The molecule has 2 aromatic carbocycles. The molecule has 0 saturated carbocycles. The van der Waals surface area contributed by atoms with Crippen molar-refractivity contribution in [3.8, 4) is 28.5 Å². The summed E-state index contributed by atoms with van der Waals surface area (Å²) in [5, 5.41) is 0. The molecule has 0 amide bonds. The average molecular weight is 490 g/mol. The lowest BCUT2D eigenvalue weighted by Crippen LogP contribution is -2.07. The summed E-state index contributed by atoms with van der Waals surface area (Å²) in [6, 6.07) is 8.61. The molecule has 1 aliphatic heterocycles. The minimum absolute atomic E-state index is 0.0127. The molecule has 0 bridgehead atoms. The van der Waals surface area contributed by atoms with Gasteiger partial charge in [-0.05, 0) is 103 Å². The molecule has 0 fully saturated rings. The maximum Gasteiger partial charge on any atom is 0.217 e. The first-order valence-electron chi connectivity index (χ1n) is 12.6. The second-order valence-corrected chi connectivity index (χ2v) is 10.6. The molecule has 4 nitrogen and oxygen atoms in total. The predicted octanol–water partition coefficient (Wildman–Crippen LogP) is 7.12. The van der Waals surface area contributed by atoms with Crippen LogP contribution < -0.4 is 14.2 Å². The van der Waals surface area contributed by atoms with Crippen molar-refractivity contribution in [1.29, 1.82) is 0 Å². The molecule has 5 heteroatoms. The third-order valence-corrected chi connectivity index (χ3v) is 8.29. The van der Waals surface area contributed by atoms with Gasteiger partial charge in [0.15, 0.2) is 0 Å². The van der Waals surface area contributed by atoms with Crippen LogP contribution in [0.3, 0.4) is 0 Å². The van der Waals surface area contributed by atoms with E-state index >= 15 is 0 Å². The molecule has 0 radical (unpaired) electrons. The smallest absolute Gasteiger partial charge is 0.217 e. The molecule has 2 aliphatic rings. The number of fused-ring (bicyclic) bond motifs is 2. The van der Waals surface area contributed by atoms with Gasteiger partial charge < -0.3 is 14.2 Å². The van der Waals surface area contributed by atoms with Crippen LogP contribution >= 0.6 is 11.8 Å². The summed E-state index contributed by atoms with van der Waals surface area (Å²) < 4.78 is 18.4. The summed E-state index contributed by atoms with van der Waals surface area (Å²) in [4.78, 5) is 4.55. The van der Waals surface area contributed by atoms with E-state index in [0.717, 1.165) is 56.1 Å². The zero-order valence-corrected chi connectivity index (χ0v) is 22.3. The summed E-state index contributed by atoms with van der Waals surface area (Å²) >= 11 is 1.87. The molecule has 0 saturated heterocycles. The highest BCUT2D eigenvalue weighted by Crippen LogP contribution is 2.45. The van der Waals surface area contributed by atoms with Crippen LogP contribution in [0.5, 0.6) is 17.4 Å². The van der Waals surface area contributed by atoms with E-state index in [2.05, 4.69) is 57.1 Å². The molecule has 3 aromatic rings. The molecular formula is C30H35NO3S. The van der Waals surface area contributed by atoms with Gasteiger partial charge in [0, 0.05) is 24.2 Å². The molecular weight excluding hydrogens is 454 g/mol. The van der Waals surface area contributed by atoms with Gasteiger partial charge in [0.25, 0.3) is 0 Å². The van der Waals surface area contributed by atoms with Gasteiger partial charge in [-0.2, -0.15) is 11.8 Å². The van der Waals surface area contributed by atoms with Crippen molar-refractivity contribution in [2.45, 2.75) is 59.5 Å². The van der Waals surface area contributed by atoms with Crippen LogP contribution in [0.2, 0.25) is 0 Å². The fourth-order valence-electron chi connectivity index (χ4n) is 5.50. The van der Waals surface area contributed by atoms with Gasteiger partial charge in [-0.3, -0.25) is 0 Å². The number of ether oxygens (including phenoxy) is 3.